The second-order valence-corrected chi connectivity index (χ2v) is 4.58. The lowest BCUT2D eigenvalue weighted by molar-refractivity contribution is -0.135. The molecular weight excluding hydrogens is 268 g/mol. The molecule has 5 heteroatoms. The molecule has 0 aromatic heterocycles. The van der Waals surface area contributed by atoms with E-state index in [1.54, 1.807) is 14.0 Å². The number of hydrogen-bond donors (Lipinski definition) is 1. The molecule has 1 aromatic rings. The Morgan fingerprint density at radius 2 is 1.90 bits per heavy atom. The van der Waals surface area contributed by atoms with Gasteiger partial charge in [-0.25, -0.2) is 4.79 Å². The molecule has 116 valence electrons. The summed E-state index contributed by atoms with van der Waals surface area (Å²) in [6.45, 7) is 4.27. The Bertz CT molecular complexity index is 455. The van der Waals surface area contributed by atoms with E-state index < -0.39 is 0 Å². The number of hydrogen-bond acceptors (Lipinski definition) is 5. The van der Waals surface area contributed by atoms with Crippen LogP contribution in [-0.2, 0) is 9.53 Å². The molecule has 0 saturated carbocycles. The summed E-state index contributed by atoms with van der Waals surface area (Å²) >= 11 is 0. The Kier molecular flexibility index (Phi) is 7.94. The van der Waals surface area contributed by atoms with Crippen molar-refractivity contribution in [2.24, 2.45) is 5.10 Å². The van der Waals surface area contributed by atoms with Crippen molar-refractivity contribution < 1.29 is 14.3 Å². The maximum Gasteiger partial charge on any atom is 0.354 e. The highest BCUT2D eigenvalue weighted by atomic mass is 16.5. The molecule has 21 heavy (non-hydrogen) atoms. The Hall–Kier alpha value is -2.04. The number of benzene rings is 1. The Labute approximate surface area is 126 Å². The van der Waals surface area contributed by atoms with Crippen LogP contribution >= 0.6 is 0 Å². The molecule has 0 fully saturated rings. The van der Waals surface area contributed by atoms with Gasteiger partial charge in [0, 0.05) is 0 Å². The Morgan fingerprint density at radius 3 is 2.48 bits per heavy atom. The number of rotatable bonds is 9. The monoisotopic (exact) mass is 292 g/mol. The molecule has 0 aliphatic rings. The first kappa shape index (κ1) is 17.0. The van der Waals surface area contributed by atoms with Crippen LogP contribution in [0.4, 0.5) is 5.69 Å². The fraction of sp³-hybridized carbons (Fsp3) is 0.500. The van der Waals surface area contributed by atoms with Crippen LogP contribution in [0.25, 0.3) is 0 Å². The van der Waals surface area contributed by atoms with Gasteiger partial charge in [-0.2, -0.15) is 5.10 Å². The lowest BCUT2D eigenvalue weighted by Crippen LogP contribution is -2.19. The van der Waals surface area contributed by atoms with Gasteiger partial charge in [0.05, 0.1) is 19.4 Å². The number of ether oxygens (including phenoxy) is 2. The van der Waals surface area contributed by atoms with Crippen molar-refractivity contribution in [3.05, 3.63) is 24.3 Å². The fourth-order valence-electron chi connectivity index (χ4n) is 1.76. The molecule has 0 unspecified atom stereocenters. The van der Waals surface area contributed by atoms with E-state index in [1.165, 1.54) is 0 Å². The first-order valence-electron chi connectivity index (χ1n) is 7.35. The van der Waals surface area contributed by atoms with Gasteiger partial charge in [0.15, 0.2) is 0 Å². The highest BCUT2D eigenvalue weighted by Gasteiger charge is 2.12. The van der Waals surface area contributed by atoms with Crippen LogP contribution in [0.1, 0.15) is 39.5 Å². The molecule has 0 atom stereocenters. The number of unbranched alkanes of at least 4 members (excludes halogenated alkanes) is 2. The van der Waals surface area contributed by atoms with Crippen molar-refractivity contribution in [3.8, 4) is 5.75 Å². The van der Waals surface area contributed by atoms with Crippen molar-refractivity contribution in [3.63, 3.8) is 0 Å². The van der Waals surface area contributed by atoms with E-state index in [2.05, 4.69) is 17.5 Å². The average molecular weight is 292 g/mol. The van der Waals surface area contributed by atoms with Crippen LogP contribution < -0.4 is 10.2 Å². The van der Waals surface area contributed by atoms with Gasteiger partial charge in [0.2, 0.25) is 0 Å². The van der Waals surface area contributed by atoms with Crippen molar-refractivity contribution in [2.75, 3.05) is 19.1 Å². The van der Waals surface area contributed by atoms with E-state index in [1.807, 2.05) is 24.3 Å². The van der Waals surface area contributed by atoms with Gasteiger partial charge in [0.1, 0.15) is 11.5 Å². The normalized spacial score (nSPS) is 11.1. The highest BCUT2D eigenvalue weighted by molar-refractivity contribution is 6.36. The number of nitrogens with one attached hydrogen (secondary N) is 1. The molecule has 0 spiro atoms. The summed E-state index contributed by atoms with van der Waals surface area (Å²) in [5.41, 5.74) is 4.12. The molecule has 0 aliphatic heterocycles. The number of hydrazone groups is 1. The smallest absolute Gasteiger partial charge is 0.354 e. The van der Waals surface area contributed by atoms with Gasteiger partial charge in [-0.1, -0.05) is 19.8 Å². The largest absolute Gasteiger partial charge is 0.497 e. The second-order valence-electron chi connectivity index (χ2n) is 4.58. The average Bonchev–Trinajstić information content (AvgIpc) is 2.51. The summed E-state index contributed by atoms with van der Waals surface area (Å²) in [7, 11) is 1.62. The molecule has 0 heterocycles. The third kappa shape index (κ3) is 6.29. The van der Waals surface area contributed by atoms with Gasteiger partial charge >= 0.3 is 5.97 Å². The van der Waals surface area contributed by atoms with Gasteiger partial charge in [0.25, 0.3) is 0 Å². The fourth-order valence-corrected chi connectivity index (χ4v) is 1.76. The summed E-state index contributed by atoms with van der Waals surface area (Å²) < 4.78 is 10.1. The minimum absolute atomic E-state index is 0.352. The third-order valence-corrected chi connectivity index (χ3v) is 2.94. The van der Waals surface area contributed by atoms with Crippen LogP contribution in [0, 0.1) is 0 Å². The van der Waals surface area contributed by atoms with Crippen molar-refractivity contribution >= 4 is 17.4 Å². The zero-order chi connectivity index (χ0) is 15.5. The SMILES string of the molecule is CCCCCC(=NNc1ccc(OC)cc1)C(=O)OCC. The van der Waals surface area contributed by atoms with Crippen LogP contribution in [0.2, 0.25) is 0 Å². The minimum atomic E-state index is -0.352. The zero-order valence-electron chi connectivity index (χ0n) is 13.0. The van der Waals surface area contributed by atoms with E-state index >= 15 is 0 Å². The quantitative estimate of drug-likeness (QED) is 0.327. The van der Waals surface area contributed by atoms with Gasteiger partial charge in [-0.05, 0) is 44.0 Å². The lowest BCUT2D eigenvalue weighted by atomic mass is 10.1. The number of methoxy groups -OCH3 is 1. The third-order valence-electron chi connectivity index (χ3n) is 2.94. The van der Waals surface area contributed by atoms with Crippen LogP contribution in [-0.4, -0.2) is 25.4 Å². The predicted octanol–water partition coefficient (Wildman–Crippen LogP) is 3.61. The van der Waals surface area contributed by atoms with E-state index in [9.17, 15) is 4.79 Å². The molecule has 0 amide bonds. The van der Waals surface area contributed by atoms with Gasteiger partial charge in [-0.15, -0.1) is 0 Å². The first-order valence-corrected chi connectivity index (χ1v) is 7.35. The number of carbonyl (C=O) groups is 1. The molecule has 0 radical (unpaired) electrons. The maximum atomic E-state index is 11.8. The van der Waals surface area contributed by atoms with Gasteiger partial charge in [-0.3, -0.25) is 5.43 Å². The predicted molar refractivity (Wildman–Crippen MR) is 84.8 cm³/mol. The molecule has 0 bridgehead atoms. The topological polar surface area (TPSA) is 59.9 Å². The number of carbonyl (C=O) groups excluding carboxylic acids is 1. The summed E-state index contributed by atoms with van der Waals surface area (Å²) in [5, 5.41) is 4.19. The van der Waals surface area contributed by atoms with Crippen LogP contribution in [0.5, 0.6) is 5.75 Å². The van der Waals surface area contributed by atoms with Crippen molar-refractivity contribution in [2.45, 2.75) is 39.5 Å². The summed E-state index contributed by atoms with van der Waals surface area (Å²) in [6, 6.07) is 7.35. The number of anilines is 1. The molecule has 1 rings (SSSR count). The Balaban J connectivity index is 2.68. The Morgan fingerprint density at radius 1 is 1.19 bits per heavy atom. The molecule has 0 aliphatic carbocycles. The standard InChI is InChI=1S/C16H24N2O3/c1-4-6-7-8-15(16(19)21-5-2)18-17-13-9-11-14(20-3)12-10-13/h9-12,17H,4-8H2,1-3H3. The summed E-state index contributed by atoms with van der Waals surface area (Å²) in [6.07, 6.45) is 3.72. The van der Waals surface area contributed by atoms with Crippen LogP contribution in [0.3, 0.4) is 0 Å². The van der Waals surface area contributed by atoms with Gasteiger partial charge < -0.3 is 9.47 Å². The van der Waals surface area contributed by atoms with E-state index in [-0.39, 0.29) is 5.97 Å². The number of nitrogens with zero attached hydrogens (tertiary/aromatic N) is 1. The highest BCUT2D eigenvalue weighted by Crippen LogP contribution is 2.15. The maximum absolute atomic E-state index is 11.8. The minimum Gasteiger partial charge on any atom is -0.497 e. The second kappa shape index (κ2) is 9.80. The molecule has 1 aromatic carbocycles. The summed E-state index contributed by atoms with van der Waals surface area (Å²) in [4.78, 5) is 11.8. The van der Waals surface area contributed by atoms with E-state index in [4.69, 9.17) is 9.47 Å². The molecule has 5 nitrogen and oxygen atoms in total. The molecule has 1 N–H and O–H groups in total. The first-order chi connectivity index (χ1) is 10.2. The van der Waals surface area contributed by atoms with Crippen molar-refractivity contribution in [1.29, 1.82) is 0 Å². The number of esters is 1. The lowest BCUT2D eigenvalue weighted by Gasteiger charge is -2.07. The molecule has 0 saturated heterocycles. The van der Waals surface area contributed by atoms with Crippen LogP contribution in [0.15, 0.2) is 29.4 Å². The van der Waals surface area contributed by atoms with E-state index in [0.29, 0.717) is 18.7 Å². The molecular formula is C16H24N2O3. The van der Waals surface area contributed by atoms with Crippen molar-refractivity contribution in [1.82, 2.24) is 0 Å². The zero-order valence-corrected chi connectivity index (χ0v) is 13.0. The summed E-state index contributed by atoms with van der Waals surface area (Å²) in [5.74, 6) is 0.424. The van der Waals surface area contributed by atoms with E-state index in [0.717, 1.165) is 30.7 Å².